The van der Waals surface area contributed by atoms with Crippen LogP contribution in [0.1, 0.15) is 33.6 Å². The van der Waals surface area contributed by atoms with Crippen molar-refractivity contribution >= 4 is 12.0 Å². The fourth-order valence-electron chi connectivity index (χ4n) is 2.14. The van der Waals surface area contributed by atoms with Gasteiger partial charge in [-0.3, -0.25) is 0 Å². The Kier molecular flexibility index (Phi) is 6.08. The maximum absolute atomic E-state index is 11.7. The zero-order valence-electron chi connectivity index (χ0n) is 11.8. The molecule has 0 spiro atoms. The maximum Gasteiger partial charge on any atom is 0.326 e. The number of rotatable bonds is 6. The van der Waals surface area contributed by atoms with Gasteiger partial charge in [0.25, 0.3) is 0 Å². The lowest BCUT2D eigenvalue weighted by molar-refractivity contribution is -0.140. The number of ether oxygens (including phenoxy) is 1. The molecule has 1 aliphatic rings. The number of carboxylic acid groups (broad SMARTS) is 1. The van der Waals surface area contributed by atoms with Gasteiger partial charge in [0.2, 0.25) is 0 Å². The van der Waals surface area contributed by atoms with E-state index in [9.17, 15) is 9.59 Å². The SMILES string of the molecule is CCC(C)C(NC(=O)NCC1CCOC1C)C(=O)O. The minimum atomic E-state index is -0.998. The summed E-state index contributed by atoms with van der Waals surface area (Å²) in [7, 11) is 0. The molecule has 0 aromatic heterocycles. The molecule has 0 aromatic rings. The van der Waals surface area contributed by atoms with E-state index in [1.54, 1.807) is 0 Å². The standard InChI is InChI=1S/C13H24N2O4/c1-4-8(2)11(12(16)17)15-13(18)14-7-10-5-6-19-9(10)3/h8-11H,4-7H2,1-3H3,(H,16,17)(H2,14,15,18). The van der Waals surface area contributed by atoms with E-state index in [0.717, 1.165) is 13.0 Å². The molecular weight excluding hydrogens is 248 g/mol. The number of hydrogen-bond acceptors (Lipinski definition) is 3. The van der Waals surface area contributed by atoms with E-state index in [2.05, 4.69) is 10.6 Å². The van der Waals surface area contributed by atoms with E-state index in [1.807, 2.05) is 20.8 Å². The van der Waals surface area contributed by atoms with E-state index < -0.39 is 18.0 Å². The van der Waals surface area contributed by atoms with E-state index in [0.29, 0.717) is 18.9 Å². The number of hydrogen-bond donors (Lipinski definition) is 3. The van der Waals surface area contributed by atoms with Crippen molar-refractivity contribution in [2.45, 2.75) is 45.8 Å². The Bertz CT molecular complexity index is 322. The van der Waals surface area contributed by atoms with Crippen LogP contribution in [0, 0.1) is 11.8 Å². The summed E-state index contributed by atoms with van der Waals surface area (Å²) in [5.41, 5.74) is 0. The molecule has 6 heteroatoms. The zero-order chi connectivity index (χ0) is 14.4. The number of nitrogens with one attached hydrogen (secondary N) is 2. The molecule has 2 amide bonds. The second-order valence-electron chi connectivity index (χ2n) is 5.18. The van der Waals surface area contributed by atoms with Crippen molar-refractivity contribution in [1.29, 1.82) is 0 Å². The molecule has 4 atom stereocenters. The van der Waals surface area contributed by atoms with Crippen LogP contribution in [-0.2, 0) is 9.53 Å². The van der Waals surface area contributed by atoms with E-state index in [4.69, 9.17) is 9.84 Å². The molecule has 110 valence electrons. The van der Waals surface area contributed by atoms with Crippen LogP contribution in [0.15, 0.2) is 0 Å². The summed E-state index contributed by atoms with van der Waals surface area (Å²) in [5.74, 6) is -0.795. The Morgan fingerprint density at radius 2 is 2.16 bits per heavy atom. The van der Waals surface area contributed by atoms with Crippen LogP contribution in [0.25, 0.3) is 0 Å². The highest BCUT2D eigenvalue weighted by molar-refractivity contribution is 5.82. The molecule has 19 heavy (non-hydrogen) atoms. The minimum Gasteiger partial charge on any atom is -0.480 e. The number of aliphatic carboxylic acids is 1. The average molecular weight is 272 g/mol. The lowest BCUT2D eigenvalue weighted by Gasteiger charge is -2.21. The number of carbonyl (C=O) groups excluding carboxylic acids is 1. The molecule has 1 fully saturated rings. The first-order valence-corrected chi connectivity index (χ1v) is 6.84. The van der Waals surface area contributed by atoms with Crippen LogP contribution < -0.4 is 10.6 Å². The molecule has 0 saturated carbocycles. The molecule has 4 unspecified atom stereocenters. The first kappa shape index (κ1) is 15.8. The van der Waals surface area contributed by atoms with Gasteiger partial charge in [-0.15, -0.1) is 0 Å². The lowest BCUT2D eigenvalue weighted by atomic mass is 9.99. The molecule has 0 aromatic carbocycles. The van der Waals surface area contributed by atoms with E-state index in [1.165, 1.54) is 0 Å². The van der Waals surface area contributed by atoms with Gasteiger partial charge in [0.1, 0.15) is 6.04 Å². The van der Waals surface area contributed by atoms with Gasteiger partial charge in [-0.2, -0.15) is 0 Å². The number of carbonyl (C=O) groups is 2. The molecule has 1 saturated heterocycles. The van der Waals surface area contributed by atoms with Gasteiger partial charge in [-0.25, -0.2) is 9.59 Å². The average Bonchev–Trinajstić information content (AvgIpc) is 2.77. The van der Waals surface area contributed by atoms with Crippen molar-refractivity contribution in [3.05, 3.63) is 0 Å². The van der Waals surface area contributed by atoms with Gasteiger partial charge in [-0.05, 0) is 19.3 Å². The van der Waals surface area contributed by atoms with Crippen LogP contribution in [0.2, 0.25) is 0 Å². The van der Waals surface area contributed by atoms with Crippen LogP contribution in [0.4, 0.5) is 4.79 Å². The third-order valence-corrected chi connectivity index (χ3v) is 3.82. The van der Waals surface area contributed by atoms with Crippen molar-refractivity contribution in [2.24, 2.45) is 11.8 Å². The molecule has 1 heterocycles. The lowest BCUT2D eigenvalue weighted by Crippen LogP contribution is -2.50. The highest BCUT2D eigenvalue weighted by atomic mass is 16.5. The van der Waals surface area contributed by atoms with E-state index >= 15 is 0 Å². The zero-order valence-corrected chi connectivity index (χ0v) is 11.8. The number of carboxylic acids is 1. The van der Waals surface area contributed by atoms with Crippen molar-refractivity contribution in [3.63, 3.8) is 0 Å². The fourth-order valence-corrected chi connectivity index (χ4v) is 2.14. The number of urea groups is 1. The summed E-state index contributed by atoms with van der Waals surface area (Å²) < 4.78 is 5.41. The van der Waals surface area contributed by atoms with Crippen LogP contribution in [0.3, 0.4) is 0 Å². The Hall–Kier alpha value is -1.30. The third kappa shape index (κ3) is 4.70. The van der Waals surface area contributed by atoms with Crippen molar-refractivity contribution in [1.82, 2.24) is 10.6 Å². The molecule has 1 rings (SSSR count). The molecule has 0 aliphatic carbocycles. The predicted molar refractivity (Wildman–Crippen MR) is 70.9 cm³/mol. The minimum absolute atomic E-state index is 0.100. The van der Waals surface area contributed by atoms with Gasteiger partial charge in [0.15, 0.2) is 0 Å². The molecule has 1 aliphatic heterocycles. The van der Waals surface area contributed by atoms with Gasteiger partial charge in [0, 0.05) is 19.1 Å². The second-order valence-corrected chi connectivity index (χ2v) is 5.18. The molecular formula is C13H24N2O4. The van der Waals surface area contributed by atoms with E-state index in [-0.39, 0.29) is 12.0 Å². The Labute approximate surface area is 113 Å². The monoisotopic (exact) mass is 272 g/mol. The van der Waals surface area contributed by atoms with Gasteiger partial charge < -0.3 is 20.5 Å². The predicted octanol–water partition coefficient (Wildman–Crippen LogP) is 1.21. The highest BCUT2D eigenvalue weighted by Gasteiger charge is 2.27. The van der Waals surface area contributed by atoms with Crippen molar-refractivity contribution in [2.75, 3.05) is 13.2 Å². The van der Waals surface area contributed by atoms with Crippen LogP contribution in [0.5, 0.6) is 0 Å². The molecule has 0 bridgehead atoms. The third-order valence-electron chi connectivity index (χ3n) is 3.82. The highest BCUT2D eigenvalue weighted by Crippen LogP contribution is 2.19. The van der Waals surface area contributed by atoms with Gasteiger partial charge in [0.05, 0.1) is 6.10 Å². The summed E-state index contributed by atoms with van der Waals surface area (Å²) in [6.45, 7) is 6.93. The topological polar surface area (TPSA) is 87.7 Å². The Morgan fingerprint density at radius 1 is 1.47 bits per heavy atom. The Morgan fingerprint density at radius 3 is 2.63 bits per heavy atom. The van der Waals surface area contributed by atoms with Gasteiger partial charge in [-0.1, -0.05) is 20.3 Å². The summed E-state index contributed by atoms with van der Waals surface area (Å²) in [5, 5.41) is 14.3. The van der Waals surface area contributed by atoms with Crippen molar-refractivity contribution in [3.8, 4) is 0 Å². The Balaban J connectivity index is 2.38. The largest absolute Gasteiger partial charge is 0.480 e. The summed E-state index contributed by atoms with van der Waals surface area (Å²) in [6, 6.07) is -1.27. The van der Waals surface area contributed by atoms with Crippen LogP contribution in [-0.4, -0.2) is 42.4 Å². The molecule has 3 N–H and O–H groups in total. The van der Waals surface area contributed by atoms with Crippen LogP contribution >= 0.6 is 0 Å². The summed E-state index contributed by atoms with van der Waals surface area (Å²) in [4.78, 5) is 22.8. The fraction of sp³-hybridized carbons (Fsp3) is 0.846. The maximum atomic E-state index is 11.7. The van der Waals surface area contributed by atoms with Gasteiger partial charge >= 0.3 is 12.0 Å². The first-order chi connectivity index (χ1) is 8.95. The number of amides is 2. The summed E-state index contributed by atoms with van der Waals surface area (Å²) >= 11 is 0. The molecule has 0 radical (unpaired) electrons. The van der Waals surface area contributed by atoms with Crippen molar-refractivity contribution < 1.29 is 19.4 Å². The normalized spacial score (nSPS) is 25.6. The summed E-state index contributed by atoms with van der Waals surface area (Å²) in [6.07, 6.45) is 1.77. The second kappa shape index (κ2) is 7.33. The molecule has 6 nitrogen and oxygen atoms in total. The smallest absolute Gasteiger partial charge is 0.326 e. The first-order valence-electron chi connectivity index (χ1n) is 6.84. The quantitative estimate of drug-likeness (QED) is 0.678.